The van der Waals surface area contributed by atoms with Crippen molar-refractivity contribution in [3.8, 4) is 0 Å². The quantitative estimate of drug-likeness (QED) is 0.0320. The van der Waals surface area contributed by atoms with Gasteiger partial charge in [-0.15, -0.1) is 0 Å². The zero-order valence-corrected chi connectivity index (χ0v) is 53.6. The van der Waals surface area contributed by atoms with Gasteiger partial charge in [-0.25, -0.2) is 0 Å². The molecule has 468 valence electrons. The normalized spacial score (nSPS) is 12.6. The SMILES string of the molecule is CCCCCCCCCCCCCCCCCC/C=C/C(O)C(CO)NC(=O)CCCCCCCCCCCCCCCCC/C=C\CCCCCCCCCCCCCCOC(=O)CCCCCCCCCCCCCCC. The Morgan fingerprint density at radius 2 is 0.595 bits per heavy atom. The molecule has 0 aliphatic heterocycles. The summed E-state index contributed by atoms with van der Waals surface area (Å²) >= 11 is 0. The molecule has 2 unspecified atom stereocenters. The number of hydrogen-bond donors (Lipinski definition) is 3. The molecule has 1 amide bonds. The summed E-state index contributed by atoms with van der Waals surface area (Å²) in [6, 6.07) is -0.626. The van der Waals surface area contributed by atoms with Crippen LogP contribution in [0.5, 0.6) is 0 Å². The molecular formula is C73H141NO5. The van der Waals surface area contributed by atoms with Gasteiger partial charge >= 0.3 is 5.97 Å². The minimum Gasteiger partial charge on any atom is -0.466 e. The molecule has 0 aromatic rings. The summed E-state index contributed by atoms with van der Waals surface area (Å²) < 4.78 is 5.49. The van der Waals surface area contributed by atoms with Crippen LogP contribution in [0, 0.1) is 0 Å². The topological polar surface area (TPSA) is 95.9 Å². The lowest BCUT2D eigenvalue weighted by atomic mass is 10.0. The van der Waals surface area contributed by atoms with Crippen LogP contribution in [0.4, 0.5) is 0 Å². The summed E-state index contributed by atoms with van der Waals surface area (Å²) in [5.74, 6) is -0.0427. The van der Waals surface area contributed by atoms with Crippen molar-refractivity contribution < 1.29 is 24.5 Å². The first kappa shape index (κ1) is 77.3. The summed E-state index contributed by atoms with van der Waals surface area (Å²) in [6.07, 6.45) is 87.0. The third-order valence-electron chi connectivity index (χ3n) is 17.0. The number of amides is 1. The Balaban J connectivity index is 3.37. The fourth-order valence-electron chi connectivity index (χ4n) is 11.5. The molecule has 0 saturated heterocycles. The van der Waals surface area contributed by atoms with Crippen LogP contribution in [0.2, 0.25) is 0 Å². The molecule has 0 spiro atoms. The van der Waals surface area contributed by atoms with Gasteiger partial charge in [-0.2, -0.15) is 0 Å². The Hall–Kier alpha value is -1.66. The predicted octanol–water partition coefficient (Wildman–Crippen LogP) is 23.3. The maximum absolute atomic E-state index is 12.5. The molecule has 0 aliphatic carbocycles. The summed E-state index contributed by atoms with van der Waals surface area (Å²) in [7, 11) is 0. The van der Waals surface area contributed by atoms with Crippen LogP contribution < -0.4 is 5.32 Å². The van der Waals surface area contributed by atoms with Crippen molar-refractivity contribution >= 4 is 11.9 Å². The molecular weight excluding hydrogens is 971 g/mol. The van der Waals surface area contributed by atoms with Crippen LogP contribution >= 0.6 is 0 Å². The Kier molecular flexibility index (Phi) is 67.4. The second-order valence-electron chi connectivity index (χ2n) is 24.9. The highest BCUT2D eigenvalue weighted by Gasteiger charge is 2.18. The van der Waals surface area contributed by atoms with Gasteiger partial charge in [0.05, 0.1) is 25.4 Å². The molecule has 0 saturated carbocycles. The first-order valence-corrected chi connectivity index (χ1v) is 36.1. The van der Waals surface area contributed by atoms with Crippen molar-refractivity contribution in [2.75, 3.05) is 13.2 Å². The van der Waals surface area contributed by atoms with E-state index in [-0.39, 0.29) is 18.5 Å². The minimum atomic E-state index is -0.843. The smallest absolute Gasteiger partial charge is 0.305 e. The number of hydrogen-bond acceptors (Lipinski definition) is 5. The second-order valence-corrected chi connectivity index (χ2v) is 24.9. The zero-order valence-electron chi connectivity index (χ0n) is 53.6. The number of aliphatic hydroxyl groups is 2. The van der Waals surface area contributed by atoms with E-state index in [0.717, 1.165) is 38.5 Å². The van der Waals surface area contributed by atoms with Crippen molar-refractivity contribution in [3.63, 3.8) is 0 Å². The van der Waals surface area contributed by atoms with E-state index in [4.69, 9.17) is 4.74 Å². The fraction of sp³-hybridized carbons (Fsp3) is 0.918. The number of rotatable bonds is 68. The number of allylic oxidation sites excluding steroid dienone is 3. The highest BCUT2D eigenvalue weighted by atomic mass is 16.5. The molecule has 79 heavy (non-hydrogen) atoms. The van der Waals surface area contributed by atoms with Crippen LogP contribution in [0.1, 0.15) is 406 Å². The van der Waals surface area contributed by atoms with E-state index in [1.807, 2.05) is 6.08 Å². The van der Waals surface area contributed by atoms with E-state index in [1.165, 1.54) is 340 Å². The third-order valence-corrected chi connectivity index (χ3v) is 17.0. The second kappa shape index (κ2) is 68.8. The lowest BCUT2D eigenvalue weighted by Crippen LogP contribution is -2.45. The fourth-order valence-corrected chi connectivity index (χ4v) is 11.5. The molecule has 0 aliphatic rings. The molecule has 0 aromatic heterocycles. The lowest BCUT2D eigenvalue weighted by Gasteiger charge is -2.20. The Bertz CT molecular complexity index is 1230. The molecule has 0 aromatic carbocycles. The van der Waals surface area contributed by atoms with Crippen LogP contribution in [0.25, 0.3) is 0 Å². The van der Waals surface area contributed by atoms with E-state index in [1.54, 1.807) is 6.08 Å². The third kappa shape index (κ3) is 65.4. The number of unbranched alkanes of at least 4 members (excludes halogenated alkanes) is 55. The van der Waals surface area contributed by atoms with Crippen LogP contribution in [-0.2, 0) is 14.3 Å². The van der Waals surface area contributed by atoms with Gasteiger partial charge in [0, 0.05) is 12.8 Å². The zero-order chi connectivity index (χ0) is 57.1. The van der Waals surface area contributed by atoms with Gasteiger partial charge in [-0.3, -0.25) is 9.59 Å². The van der Waals surface area contributed by atoms with Crippen LogP contribution in [-0.4, -0.2) is 47.4 Å². The van der Waals surface area contributed by atoms with E-state index >= 15 is 0 Å². The van der Waals surface area contributed by atoms with Crippen LogP contribution in [0.15, 0.2) is 24.3 Å². The number of esters is 1. The van der Waals surface area contributed by atoms with E-state index in [0.29, 0.717) is 19.4 Å². The maximum Gasteiger partial charge on any atom is 0.305 e. The highest BCUT2D eigenvalue weighted by Crippen LogP contribution is 2.19. The molecule has 6 nitrogen and oxygen atoms in total. The average Bonchev–Trinajstić information content (AvgIpc) is 3.45. The minimum absolute atomic E-state index is 0.0196. The Morgan fingerprint density at radius 1 is 0.342 bits per heavy atom. The first-order chi connectivity index (χ1) is 39.0. The van der Waals surface area contributed by atoms with Crippen molar-refractivity contribution in [2.24, 2.45) is 0 Å². The molecule has 0 fully saturated rings. The van der Waals surface area contributed by atoms with Gasteiger partial charge in [0.2, 0.25) is 5.91 Å². The highest BCUT2D eigenvalue weighted by molar-refractivity contribution is 5.76. The molecule has 0 radical (unpaired) electrons. The van der Waals surface area contributed by atoms with Gasteiger partial charge < -0.3 is 20.3 Å². The molecule has 6 heteroatoms. The number of carbonyl (C=O) groups is 2. The largest absolute Gasteiger partial charge is 0.466 e. The Morgan fingerprint density at radius 3 is 0.899 bits per heavy atom. The van der Waals surface area contributed by atoms with Crippen molar-refractivity contribution in [3.05, 3.63) is 24.3 Å². The molecule has 0 rings (SSSR count). The van der Waals surface area contributed by atoms with Gasteiger partial charge in [0.1, 0.15) is 0 Å². The number of ether oxygens (including phenoxy) is 1. The summed E-state index contributed by atoms with van der Waals surface area (Å²) in [5, 5.41) is 23.2. The van der Waals surface area contributed by atoms with E-state index < -0.39 is 12.1 Å². The van der Waals surface area contributed by atoms with Gasteiger partial charge in [0.25, 0.3) is 0 Å². The molecule has 2 atom stereocenters. The van der Waals surface area contributed by atoms with E-state index in [9.17, 15) is 19.8 Å². The summed E-state index contributed by atoms with van der Waals surface area (Å²) in [6.45, 7) is 4.94. The van der Waals surface area contributed by atoms with Crippen molar-refractivity contribution in [1.29, 1.82) is 0 Å². The van der Waals surface area contributed by atoms with Crippen molar-refractivity contribution in [1.82, 2.24) is 5.32 Å². The van der Waals surface area contributed by atoms with E-state index in [2.05, 4.69) is 31.3 Å². The predicted molar refractivity (Wildman–Crippen MR) is 347 cm³/mol. The first-order valence-electron chi connectivity index (χ1n) is 36.1. The monoisotopic (exact) mass is 1110 g/mol. The Labute approximate surface area is 494 Å². The number of aliphatic hydroxyl groups excluding tert-OH is 2. The number of nitrogens with one attached hydrogen (secondary N) is 1. The maximum atomic E-state index is 12.5. The summed E-state index contributed by atoms with van der Waals surface area (Å²) in [4.78, 5) is 24.6. The van der Waals surface area contributed by atoms with Gasteiger partial charge in [0.15, 0.2) is 0 Å². The van der Waals surface area contributed by atoms with Crippen LogP contribution in [0.3, 0.4) is 0 Å². The average molecular weight is 1110 g/mol. The molecule has 0 heterocycles. The standard InChI is InChI=1S/C73H141NO5/c1-3-5-7-9-11-13-15-17-18-19-35-38-42-45-49-53-57-61-65-71(76)70(69-75)74-72(77)66-62-58-54-50-46-43-39-36-33-31-29-27-25-23-21-20-22-24-26-28-30-32-34-37-40-44-48-52-56-60-64-68-79-73(78)67-63-59-55-51-47-41-16-14-12-10-8-6-4-2/h22,24,61,65,70-71,75-76H,3-21,23,25-60,62-64,66-69H2,1-2H3,(H,74,77)/b24-22-,65-61+. The van der Waals surface area contributed by atoms with Gasteiger partial charge in [-0.05, 0) is 57.8 Å². The lowest BCUT2D eigenvalue weighted by molar-refractivity contribution is -0.143. The van der Waals surface area contributed by atoms with Crippen molar-refractivity contribution in [2.45, 2.75) is 418 Å². The molecule has 0 bridgehead atoms. The summed E-state index contributed by atoms with van der Waals surface area (Å²) in [5.41, 5.74) is 0. The van der Waals surface area contributed by atoms with Gasteiger partial charge in [-0.1, -0.05) is 359 Å². The molecule has 3 N–H and O–H groups in total. The number of carbonyl (C=O) groups excluding carboxylic acids is 2.